The first kappa shape index (κ1) is 23.4. The summed E-state index contributed by atoms with van der Waals surface area (Å²) >= 11 is 3.03. The molecule has 7 heteroatoms. The number of benzene rings is 2. The molecule has 3 atom stereocenters. The number of alkyl halides is 1. The molecule has 1 amide bonds. The Kier molecular flexibility index (Phi) is 8.60. The Bertz CT molecular complexity index is 859. The zero-order chi connectivity index (χ0) is 22.2. The van der Waals surface area contributed by atoms with Crippen LogP contribution >= 0.6 is 15.9 Å². The van der Waals surface area contributed by atoms with E-state index in [1.54, 1.807) is 7.11 Å². The smallest absolute Gasteiger partial charge is 0.231 e. The maximum atomic E-state index is 10.4. The van der Waals surface area contributed by atoms with Crippen LogP contribution in [0.1, 0.15) is 43.4 Å². The van der Waals surface area contributed by atoms with Gasteiger partial charge in [0, 0.05) is 25.0 Å². The van der Waals surface area contributed by atoms with E-state index in [1.807, 2.05) is 25.1 Å². The Hall–Kier alpha value is -2.25. The van der Waals surface area contributed by atoms with Crippen molar-refractivity contribution in [1.82, 2.24) is 10.6 Å². The van der Waals surface area contributed by atoms with E-state index in [4.69, 9.17) is 14.2 Å². The summed E-state index contributed by atoms with van der Waals surface area (Å²) in [5.41, 5.74) is 2.62. The summed E-state index contributed by atoms with van der Waals surface area (Å²) in [6.07, 6.45) is 0.999. The molecule has 31 heavy (non-hydrogen) atoms. The third-order valence-corrected chi connectivity index (χ3v) is 6.22. The number of methoxy groups -OCH3 is 1. The van der Waals surface area contributed by atoms with Crippen LogP contribution in [0.5, 0.6) is 17.2 Å². The second kappa shape index (κ2) is 11.4. The number of hydrogen-bond donors (Lipinski definition) is 2. The minimum absolute atomic E-state index is 0.0619. The van der Waals surface area contributed by atoms with Crippen LogP contribution in [-0.2, 0) is 4.79 Å². The minimum Gasteiger partial charge on any atom is -0.497 e. The quantitative estimate of drug-likeness (QED) is 0.587. The van der Waals surface area contributed by atoms with E-state index in [2.05, 4.69) is 57.8 Å². The standard InChI is InChI=1S/C19H21NO3.C5H10BrNO/c1-12-16(14-5-8-17-18(9-14)23-11-22-17)10-20-19(12)13-3-6-15(21-2)7-4-13;1-2-3-7-5(8)4-6/h3-9,12,16,19-20H,10-11H2,1-2H3;2-4H2,1H3,(H,7,8). The first-order valence-electron chi connectivity index (χ1n) is 10.7. The molecule has 6 nitrogen and oxygen atoms in total. The molecule has 0 aromatic heterocycles. The summed E-state index contributed by atoms with van der Waals surface area (Å²) in [7, 11) is 1.70. The Labute approximate surface area is 192 Å². The number of carbonyl (C=O) groups is 1. The van der Waals surface area contributed by atoms with Crippen LogP contribution in [0.3, 0.4) is 0 Å². The first-order valence-corrected chi connectivity index (χ1v) is 11.8. The monoisotopic (exact) mass is 490 g/mol. The number of carbonyl (C=O) groups excluding carboxylic acids is 1. The SMILES string of the molecule is CCCNC(=O)CBr.COc1ccc(C2NCC(c3ccc4c(c3)OCO4)C2C)cc1. The molecule has 2 aromatic rings. The molecule has 2 aliphatic heterocycles. The van der Waals surface area contributed by atoms with Crippen LogP contribution in [0.25, 0.3) is 0 Å². The zero-order valence-electron chi connectivity index (χ0n) is 18.3. The zero-order valence-corrected chi connectivity index (χ0v) is 19.9. The number of nitrogens with one attached hydrogen (secondary N) is 2. The van der Waals surface area contributed by atoms with Gasteiger partial charge >= 0.3 is 0 Å². The Morgan fingerprint density at radius 1 is 1.16 bits per heavy atom. The summed E-state index contributed by atoms with van der Waals surface area (Å²) in [5, 5.41) is 6.77. The summed E-state index contributed by atoms with van der Waals surface area (Å²) in [6, 6.07) is 15.0. The average molecular weight is 491 g/mol. The van der Waals surface area contributed by atoms with Gasteiger partial charge < -0.3 is 24.8 Å². The van der Waals surface area contributed by atoms with Crippen molar-refractivity contribution in [1.29, 1.82) is 0 Å². The van der Waals surface area contributed by atoms with E-state index in [1.165, 1.54) is 11.1 Å². The van der Waals surface area contributed by atoms with E-state index in [0.29, 0.717) is 30.0 Å². The fraction of sp³-hybridized carbons (Fsp3) is 0.458. The van der Waals surface area contributed by atoms with Crippen molar-refractivity contribution >= 4 is 21.8 Å². The second-order valence-electron chi connectivity index (χ2n) is 7.72. The van der Waals surface area contributed by atoms with Crippen LogP contribution in [0.2, 0.25) is 0 Å². The highest BCUT2D eigenvalue weighted by molar-refractivity contribution is 9.09. The molecule has 1 saturated heterocycles. The van der Waals surface area contributed by atoms with Gasteiger partial charge in [0.15, 0.2) is 11.5 Å². The lowest BCUT2D eigenvalue weighted by Crippen LogP contribution is -2.24. The molecule has 2 aromatic carbocycles. The van der Waals surface area contributed by atoms with Gasteiger partial charge in [-0.25, -0.2) is 0 Å². The van der Waals surface area contributed by atoms with Crippen molar-refractivity contribution in [3.05, 3.63) is 53.6 Å². The molecule has 1 fully saturated rings. The number of halogens is 1. The van der Waals surface area contributed by atoms with Gasteiger partial charge in [-0.1, -0.05) is 48.0 Å². The Morgan fingerprint density at radius 2 is 1.87 bits per heavy atom. The number of fused-ring (bicyclic) bond motifs is 1. The summed E-state index contributed by atoms with van der Waals surface area (Å²) in [6.45, 7) is 6.41. The third-order valence-electron chi connectivity index (χ3n) is 5.71. The molecule has 2 N–H and O–H groups in total. The summed E-state index contributed by atoms with van der Waals surface area (Å²) in [5.74, 6) is 3.64. The van der Waals surface area contributed by atoms with Gasteiger partial charge in [0.2, 0.25) is 12.7 Å². The maximum absolute atomic E-state index is 10.4. The van der Waals surface area contributed by atoms with Crippen LogP contribution in [-0.4, -0.2) is 38.2 Å². The third kappa shape index (κ3) is 5.92. The molecule has 0 saturated carbocycles. The van der Waals surface area contributed by atoms with Crippen molar-refractivity contribution in [2.75, 3.05) is 32.3 Å². The van der Waals surface area contributed by atoms with Crippen molar-refractivity contribution in [2.24, 2.45) is 5.92 Å². The molecule has 0 radical (unpaired) electrons. The van der Waals surface area contributed by atoms with Crippen molar-refractivity contribution in [2.45, 2.75) is 32.2 Å². The lowest BCUT2D eigenvalue weighted by molar-refractivity contribution is -0.118. The second-order valence-corrected chi connectivity index (χ2v) is 8.28. The van der Waals surface area contributed by atoms with Crippen LogP contribution in [0.4, 0.5) is 0 Å². The van der Waals surface area contributed by atoms with Crippen LogP contribution in [0, 0.1) is 5.92 Å². The number of hydrogen-bond acceptors (Lipinski definition) is 5. The van der Waals surface area contributed by atoms with Gasteiger partial charge in [0.1, 0.15) is 5.75 Å². The van der Waals surface area contributed by atoms with Crippen LogP contribution in [0.15, 0.2) is 42.5 Å². The fourth-order valence-corrected chi connectivity index (χ4v) is 4.17. The predicted octanol–water partition coefficient (Wildman–Crippen LogP) is 4.40. The molecule has 0 spiro atoms. The average Bonchev–Trinajstić information content (AvgIpc) is 3.43. The van der Waals surface area contributed by atoms with Gasteiger partial charge in [-0.2, -0.15) is 0 Å². The van der Waals surface area contributed by atoms with Gasteiger partial charge in [-0.3, -0.25) is 4.79 Å². The molecule has 2 aliphatic rings. The van der Waals surface area contributed by atoms with Gasteiger partial charge in [0.05, 0.1) is 12.4 Å². The number of rotatable bonds is 6. The van der Waals surface area contributed by atoms with Gasteiger partial charge in [0.25, 0.3) is 0 Å². The van der Waals surface area contributed by atoms with E-state index in [0.717, 1.165) is 36.8 Å². The van der Waals surface area contributed by atoms with E-state index in [9.17, 15) is 4.79 Å². The normalized spacial score (nSPS) is 21.2. The summed E-state index contributed by atoms with van der Waals surface area (Å²) < 4.78 is 16.2. The molecule has 168 valence electrons. The topological polar surface area (TPSA) is 68.8 Å². The molecular formula is C24H31BrN2O4. The number of ether oxygens (including phenoxy) is 3. The van der Waals surface area contributed by atoms with Crippen molar-refractivity contribution in [3.63, 3.8) is 0 Å². The first-order chi connectivity index (χ1) is 15.1. The van der Waals surface area contributed by atoms with E-state index >= 15 is 0 Å². The predicted molar refractivity (Wildman–Crippen MR) is 125 cm³/mol. The Balaban J connectivity index is 0.000000293. The van der Waals surface area contributed by atoms with Gasteiger partial charge in [-0.05, 0) is 47.7 Å². The fourth-order valence-electron chi connectivity index (χ4n) is 3.97. The highest BCUT2D eigenvalue weighted by atomic mass is 79.9. The molecular weight excluding hydrogens is 460 g/mol. The summed E-state index contributed by atoms with van der Waals surface area (Å²) in [4.78, 5) is 10.4. The maximum Gasteiger partial charge on any atom is 0.231 e. The highest BCUT2D eigenvalue weighted by Gasteiger charge is 2.34. The molecule has 0 bridgehead atoms. The van der Waals surface area contributed by atoms with Gasteiger partial charge in [-0.15, -0.1) is 0 Å². The van der Waals surface area contributed by atoms with Crippen LogP contribution < -0.4 is 24.8 Å². The van der Waals surface area contributed by atoms with E-state index < -0.39 is 0 Å². The number of amides is 1. The molecule has 4 rings (SSSR count). The molecule has 2 heterocycles. The van der Waals surface area contributed by atoms with E-state index in [-0.39, 0.29) is 5.91 Å². The Morgan fingerprint density at radius 3 is 2.55 bits per heavy atom. The molecule has 3 unspecified atom stereocenters. The lowest BCUT2D eigenvalue weighted by atomic mass is 9.84. The minimum atomic E-state index is 0.0619. The van der Waals surface area contributed by atoms with Crippen molar-refractivity contribution < 1.29 is 19.0 Å². The molecule has 0 aliphatic carbocycles. The highest BCUT2D eigenvalue weighted by Crippen LogP contribution is 2.42. The largest absolute Gasteiger partial charge is 0.497 e. The van der Waals surface area contributed by atoms with Crippen molar-refractivity contribution in [3.8, 4) is 17.2 Å². The lowest BCUT2D eigenvalue weighted by Gasteiger charge is -2.21.